The Bertz CT molecular complexity index is 1400. The van der Waals surface area contributed by atoms with Gasteiger partial charge < -0.3 is 25.3 Å². The zero-order valence-corrected chi connectivity index (χ0v) is 21.3. The van der Waals surface area contributed by atoms with Crippen molar-refractivity contribution < 1.29 is 18.4 Å². The molecule has 1 aromatic heterocycles. The van der Waals surface area contributed by atoms with E-state index in [-0.39, 0.29) is 17.6 Å². The van der Waals surface area contributed by atoms with Crippen LogP contribution in [0.25, 0.3) is 22.3 Å². The van der Waals surface area contributed by atoms with Crippen molar-refractivity contribution >= 4 is 28.5 Å². The Balaban J connectivity index is 0.000000270. The maximum atomic E-state index is 13.3. The fourth-order valence-corrected chi connectivity index (χ4v) is 4.54. The lowest BCUT2D eigenvalue weighted by Crippen LogP contribution is -2.24. The molecule has 2 saturated heterocycles. The van der Waals surface area contributed by atoms with Crippen LogP contribution in [0.1, 0.15) is 35.7 Å². The van der Waals surface area contributed by atoms with Crippen LogP contribution in [-0.4, -0.2) is 32.1 Å². The van der Waals surface area contributed by atoms with Crippen LogP contribution in [-0.2, 0) is 4.79 Å². The Hall–Kier alpha value is -4.33. The van der Waals surface area contributed by atoms with Gasteiger partial charge in [-0.15, -0.1) is 0 Å². The van der Waals surface area contributed by atoms with E-state index in [0.717, 1.165) is 35.7 Å². The standard InChI is InChI=1S/C21H19FN2O3.C8H12N2/c1-12-10-15-17(11-16(12)24-9-3-4-18(24)25)27-20(19(15)21(26)23-2)13-5-7-14(22)8-6-13;1-3-5-8-7(4-2)9-6-10-8/h5-8,10-11H,3-4,9H2,1-2H3,(H,23,26);3-5,9-10H,1,6H2,2H3/b;7-4+,8-5+. The number of hydrogen-bond acceptors (Lipinski definition) is 5. The lowest BCUT2D eigenvalue weighted by molar-refractivity contribution is -0.117. The van der Waals surface area contributed by atoms with Crippen LogP contribution < -0.4 is 20.9 Å². The van der Waals surface area contributed by atoms with Crippen molar-refractivity contribution in [3.05, 3.63) is 89.5 Å². The molecule has 2 aliphatic heterocycles. The van der Waals surface area contributed by atoms with Gasteiger partial charge in [0.15, 0.2) is 0 Å². The lowest BCUT2D eigenvalue weighted by Gasteiger charge is -2.18. The van der Waals surface area contributed by atoms with E-state index in [1.165, 1.54) is 12.1 Å². The molecule has 3 aromatic rings. The summed E-state index contributed by atoms with van der Waals surface area (Å²) in [5.41, 5.74) is 5.51. The van der Waals surface area contributed by atoms with Gasteiger partial charge in [-0.2, -0.15) is 0 Å². The normalized spacial score (nSPS) is 17.0. The van der Waals surface area contributed by atoms with Gasteiger partial charge in [-0.05, 0) is 62.2 Å². The zero-order valence-electron chi connectivity index (χ0n) is 21.3. The number of hydrogen-bond donors (Lipinski definition) is 3. The van der Waals surface area contributed by atoms with Crippen LogP contribution >= 0.6 is 0 Å². The summed E-state index contributed by atoms with van der Waals surface area (Å²) >= 11 is 0. The smallest absolute Gasteiger partial charge is 0.255 e. The summed E-state index contributed by atoms with van der Waals surface area (Å²) in [4.78, 5) is 26.4. The molecule has 3 heterocycles. The molecule has 37 heavy (non-hydrogen) atoms. The van der Waals surface area contributed by atoms with Gasteiger partial charge in [0.05, 0.1) is 29.3 Å². The highest BCUT2D eigenvalue weighted by Crippen LogP contribution is 2.38. The third-order valence-corrected chi connectivity index (χ3v) is 6.35. The summed E-state index contributed by atoms with van der Waals surface area (Å²) < 4.78 is 19.3. The number of fused-ring (bicyclic) bond motifs is 1. The van der Waals surface area contributed by atoms with Crippen LogP contribution in [0.3, 0.4) is 0 Å². The van der Waals surface area contributed by atoms with Crippen LogP contribution in [0.15, 0.2) is 77.0 Å². The zero-order chi connectivity index (χ0) is 26.5. The van der Waals surface area contributed by atoms with Crippen molar-refractivity contribution in [2.75, 3.05) is 25.2 Å². The quantitative estimate of drug-likeness (QED) is 0.460. The summed E-state index contributed by atoms with van der Waals surface area (Å²) in [5, 5.41) is 9.65. The highest BCUT2D eigenvalue weighted by atomic mass is 19.1. The van der Waals surface area contributed by atoms with E-state index in [1.807, 2.05) is 38.1 Å². The van der Waals surface area contributed by atoms with Crippen LogP contribution in [0.5, 0.6) is 0 Å². The Morgan fingerprint density at radius 1 is 1.19 bits per heavy atom. The van der Waals surface area contributed by atoms with Gasteiger partial charge in [0, 0.05) is 37.0 Å². The Morgan fingerprint density at radius 2 is 1.92 bits per heavy atom. The number of nitrogens with one attached hydrogen (secondary N) is 3. The summed E-state index contributed by atoms with van der Waals surface area (Å²) in [6.07, 6.45) is 7.14. The van der Waals surface area contributed by atoms with Crippen molar-refractivity contribution in [1.82, 2.24) is 16.0 Å². The van der Waals surface area contributed by atoms with Gasteiger partial charge in [0.1, 0.15) is 17.2 Å². The molecule has 0 spiro atoms. The largest absolute Gasteiger partial charge is 0.455 e. The van der Waals surface area contributed by atoms with Gasteiger partial charge in [-0.3, -0.25) is 9.59 Å². The molecule has 5 rings (SSSR count). The number of carbonyl (C=O) groups excluding carboxylic acids is 2. The van der Waals surface area contributed by atoms with E-state index in [2.05, 4.69) is 22.5 Å². The molecule has 0 bridgehead atoms. The molecule has 2 aromatic carbocycles. The van der Waals surface area contributed by atoms with Crippen molar-refractivity contribution in [2.45, 2.75) is 26.7 Å². The van der Waals surface area contributed by atoms with Crippen LogP contribution in [0.2, 0.25) is 0 Å². The molecular formula is C29H31FN4O3. The molecule has 0 aliphatic carbocycles. The number of allylic oxidation sites excluding steroid dienone is 3. The van der Waals surface area contributed by atoms with E-state index in [1.54, 1.807) is 30.2 Å². The molecule has 7 nitrogen and oxygen atoms in total. The van der Waals surface area contributed by atoms with Gasteiger partial charge in [-0.1, -0.05) is 18.7 Å². The number of anilines is 1. The molecule has 0 unspecified atom stereocenters. The lowest BCUT2D eigenvalue weighted by atomic mass is 10.0. The van der Waals surface area contributed by atoms with Crippen molar-refractivity contribution in [3.8, 4) is 11.3 Å². The van der Waals surface area contributed by atoms with E-state index in [0.29, 0.717) is 40.8 Å². The van der Waals surface area contributed by atoms with Gasteiger partial charge in [-0.25, -0.2) is 4.39 Å². The fourth-order valence-electron chi connectivity index (χ4n) is 4.54. The third kappa shape index (κ3) is 5.28. The monoisotopic (exact) mass is 502 g/mol. The minimum atomic E-state index is -0.359. The topological polar surface area (TPSA) is 86.6 Å². The van der Waals surface area contributed by atoms with E-state index in [4.69, 9.17) is 4.42 Å². The van der Waals surface area contributed by atoms with Crippen molar-refractivity contribution in [1.29, 1.82) is 0 Å². The number of rotatable bonds is 4. The first kappa shape index (κ1) is 25.8. The molecule has 8 heteroatoms. The average Bonchev–Trinajstić information content (AvgIpc) is 3.62. The first-order valence-electron chi connectivity index (χ1n) is 12.2. The van der Waals surface area contributed by atoms with Gasteiger partial charge in [0.25, 0.3) is 5.91 Å². The molecule has 2 aliphatic rings. The third-order valence-electron chi connectivity index (χ3n) is 6.35. The van der Waals surface area contributed by atoms with E-state index in [9.17, 15) is 14.0 Å². The molecule has 3 N–H and O–H groups in total. The molecule has 0 radical (unpaired) electrons. The summed E-state index contributed by atoms with van der Waals surface area (Å²) in [6.45, 7) is 9.04. The van der Waals surface area contributed by atoms with Crippen LogP contribution in [0.4, 0.5) is 10.1 Å². The Morgan fingerprint density at radius 3 is 2.54 bits per heavy atom. The molecule has 0 atom stereocenters. The van der Waals surface area contributed by atoms with E-state index >= 15 is 0 Å². The molecular weight excluding hydrogens is 471 g/mol. The molecule has 2 amide bonds. The summed E-state index contributed by atoms with van der Waals surface area (Å²) in [6, 6.07) is 9.50. The Kier molecular flexibility index (Phi) is 7.77. The number of halogens is 1. The molecule has 2 fully saturated rings. The first-order valence-corrected chi connectivity index (χ1v) is 12.2. The van der Waals surface area contributed by atoms with Crippen molar-refractivity contribution in [2.24, 2.45) is 0 Å². The van der Waals surface area contributed by atoms with Crippen LogP contribution in [0, 0.1) is 12.7 Å². The second-order valence-corrected chi connectivity index (χ2v) is 8.72. The maximum absolute atomic E-state index is 13.3. The fraction of sp³-hybridized carbons (Fsp3) is 0.241. The summed E-state index contributed by atoms with van der Waals surface area (Å²) in [7, 11) is 1.56. The SMILES string of the molecule is C=C/C=C1/NCN/C1=C/C.CNC(=O)c1c(-c2ccc(F)cc2)oc2cc(N3CCCC3=O)c(C)cc12. The second-order valence-electron chi connectivity index (χ2n) is 8.72. The molecule has 0 saturated carbocycles. The predicted molar refractivity (Wildman–Crippen MR) is 144 cm³/mol. The van der Waals surface area contributed by atoms with Crippen molar-refractivity contribution in [3.63, 3.8) is 0 Å². The number of carbonyl (C=O) groups is 2. The Labute approximate surface area is 215 Å². The second kappa shape index (κ2) is 11.2. The highest BCUT2D eigenvalue weighted by molar-refractivity contribution is 6.12. The molecule has 192 valence electrons. The van der Waals surface area contributed by atoms with Gasteiger partial charge >= 0.3 is 0 Å². The minimum Gasteiger partial charge on any atom is -0.455 e. The summed E-state index contributed by atoms with van der Waals surface area (Å²) in [5.74, 6) is -0.164. The number of amides is 2. The number of furan rings is 1. The van der Waals surface area contributed by atoms with Gasteiger partial charge in [0.2, 0.25) is 5.91 Å². The maximum Gasteiger partial charge on any atom is 0.255 e. The first-order chi connectivity index (χ1) is 17.9. The predicted octanol–water partition coefficient (Wildman–Crippen LogP) is 5.14. The highest BCUT2D eigenvalue weighted by Gasteiger charge is 2.27. The van der Waals surface area contributed by atoms with E-state index < -0.39 is 0 Å². The minimum absolute atomic E-state index is 0.0919. The number of benzene rings is 2. The number of aryl methyl sites for hydroxylation is 1. The number of nitrogens with zero attached hydrogens (tertiary/aromatic N) is 1. The average molecular weight is 503 g/mol.